The molecule has 17 heavy (non-hydrogen) atoms. The predicted octanol–water partition coefficient (Wildman–Crippen LogP) is 1.25. The van der Waals surface area contributed by atoms with E-state index < -0.39 is 0 Å². The lowest BCUT2D eigenvalue weighted by Gasteiger charge is -2.09. The standard InChI is InChI=1S/C12H15N5/c1-8(2)16-12(17-13)9-4-3-5-10-11(9)15-7-6-14-10/h3-8H,13H2,1-2H3,(H,16,17). The van der Waals surface area contributed by atoms with Gasteiger partial charge in [0.25, 0.3) is 0 Å². The third-order valence-corrected chi connectivity index (χ3v) is 2.28. The summed E-state index contributed by atoms with van der Waals surface area (Å²) in [5.41, 5.74) is 5.12. The van der Waals surface area contributed by atoms with Gasteiger partial charge in [0, 0.05) is 24.0 Å². The van der Waals surface area contributed by atoms with Crippen molar-refractivity contribution in [3.8, 4) is 0 Å². The molecule has 0 radical (unpaired) electrons. The van der Waals surface area contributed by atoms with Gasteiger partial charge in [0.15, 0.2) is 0 Å². The van der Waals surface area contributed by atoms with E-state index >= 15 is 0 Å². The predicted molar refractivity (Wildman–Crippen MR) is 68.5 cm³/mol. The molecule has 3 N–H and O–H groups in total. The Hall–Kier alpha value is -2.01. The van der Waals surface area contributed by atoms with Crippen molar-refractivity contribution in [2.24, 2.45) is 10.8 Å². The zero-order chi connectivity index (χ0) is 12.3. The van der Waals surface area contributed by atoms with Crippen molar-refractivity contribution in [3.05, 3.63) is 36.2 Å². The number of nitrogens with two attached hydrogens (primary N) is 1. The highest BCUT2D eigenvalue weighted by Crippen LogP contribution is 2.14. The molecular weight excluding hydrogens is 214 g/mol. The molecule has 0 atom stereocenters. The van der Waals surface area contributed by atoms with E-state index in [0.717, 1.165) is 16.6 Å². The van der Waals surface area contributed by atoms with Gasteiger partial charge < -0.3 is 5.43 Å². The summed E-state index contributed by atoms with van der Waals surface area (Å²) in [5, 5.41) is 0. The van der Waals surface area contributed by atoms with E-state index in [0.29, 0.717) is 5.84 Å². The third-order valence-electron chi connectivity index (χ3n) is 2.28. The molecule has 0 aliphatic carbocycles. The molecule has 1 heterocycles. The number of hydrogen-bond acceptors (Lipinski definition) is 4. The fourth-order valence-corrected chi connectivity index (χ4v) is 1.63. The minimum absolute atomic E-state index is 0.160. The first kappa shape index (κ1) is 11.5. The van der Waals surface area contributed by atoms with E-state index in [-0.39, 0.29) is 6.04 Å². The van der Waals surface area contributed by atoms with Gasteiger partial charge >= 0.3 is 0 Å². The molecule has 2 aromatic rings. The highest BCUT2D eigenvalue weighted by Gasteiger charge is 2.08. The molecule has 1 aromatic heterocycles. The van der Waals surface area contributed by atoms with Crippen molar-refractivity contribution in [2.45, 2.75) is 19.9 Å². The highest BCUT2D eigenvalue weighted by molar-refractivity contribution is 6.07. The fraction of sp³-hybridized carbons (Fsp3) is 0.250. The number of nitrogens with one attached hydrogen (secondary N) is 1. The molecule has 0 unspecified atom stereocenters. The summed E-state index contributed by atoms with van der Waals surface area (Å²) in [6.07, 6.45) is 3.33. The Bertz CT molecular complexity index is 542. The monoisotopic (exact) mass is 229 g/mol. The summed E-state index contributed by atoms with van der Waals surface area (Å²) < 4.78 is 0. The molecule has 0 fully saturated rings. The van der Waals surface area contributed by atoms with Crippen LogP contribution in [0, 0.1) is 0 Å². The van der Waals surface area contributed by atoms with Crippen molar-refractivity contribution in [3.63, 3.8) is 0 Å². The molecular formula is C12H15N5. The summed E-state index contributed by atoms with van der Waals surface area (Å²) in [5.74, 6) is 6.15. The van der Waals surface area contributed by atoms with Crippen LogP contribution < -0.4 is 11.3 Å². The molecule has 0 bridgehead atoms. The van der Waals surface area contributed by atoms with Crippen LogP contribution >= 0.6 is 0 Å². The molecule has 0 spiro atoms. The number of para-hydroxylation sites is 1. The van der Waals surface area contributed by atoms with E-state index in [2.05, 4.69) is 20.4 Å². The van der Waals surface area contributed by atoms with Gasteiger partial charge in [-0.05, 0) is 26.0 Å². The second-order valence-corrected chi connectivity index (χ2v) is 3.95. The maximum atomic E-state index is 5.52. The maximum Gasteiger partial charge on any atom is 0.145 e. The van der Waals surface area contributed by atoms with Gasteiger partial charge in [0.05, 0.1) is 11.0 Å². The Balaban J connectivity index is 2.61. The van der Waals surface area contributed by atoms with Gasteiger partial charge in [-0.1, -0.05) is 6.07 Å². The van der Waals surface area contributed by atoms with Crippen LogP contribution in [0.5, 0.6) is 0 Å². The van der Waals surface area contributed by atoms with Crippen LogP contribution in [0.15, 0.2) is 35.6 Å². The normalized spacial score (nSPS) is 12.1. The highest BCUT2D eigenvalue weighted by atomic mass is 15.3. The Kier molecular flexibility index (Phi) is 3.30. The number of aromatic nitrogens is 2. The van der Waals surface area contributed by atoms with Crippen molar-refractivity contribution < 1.29 is 0 Å². The molecule has 1 aromatic carbocycles. The van der Waals surface area contributed by atoms with Crippen LogP contribution in [0.3, 0.4) is 0 Å². The van der Waals surface area contributed by atoms with Gasteiger partial charge in [-0.3, -0.25) is 15.0 Å². The molecule has 0 amide bonds. The molecule has 0 aliphatic rings. The summed E-state index contributed by atoms with van der Waals surface area (Å²) in [6.45, 7) is 3.99. The summed E-state index contributed by atoms with van der Waals surface area (Å²) in [6, 6.07) is 5.92. The summed E-state index contributed by atoms with van der Waals surface area (Å²) >= 11 is 0. The number of hydrazine groups is 1. The van der Waals surface area contributed by atoms with Gasteiger partial charge in [0.2, 0.25) is 0 Å². The second-order valence-electron chi connectivity index (χ2n) is 3.95. The van der Waals surface area contributed by atoms with Gasteiger partial charge in [-0.25, -0.2) is 5.84 Å². The lowest BCUT2D eigenvalue weighted by Crippen LogP contribution is -2.32. The zero-order valence-electron chi connectivity index (χ0n) is 9.88. The van der Waals surface area contributed by atoms with Crippen molar-refractivity contribution in [1.29, 1.82) is 0 Å². The van der Waals surface area contributed by atoms with E-state index in [1.54, 1.807) is 12.4 Å². The van der Waals surface area contributed by atoms with Crippen LogP contribution in [0.1, 0.15) is 19.4 Å². The third kappa shape index (κ3) is 2.39. The topological polar surface area (TPSA) is 76.2 Å². The molecule has 88 valence electrons. The number of fused-ring (bicyclic) bond motifs is 1. The number of nitrogens with zero attached hydrogens (tertiary/aromatic N) is 3. The Morgan fingerprint density at radius 3 is 2.76 bits per heavy atom. The number of rotatable bonds is 2. The molecule has 2 rings (SSSR count). The zero-order valence-corrected chi connectivity index (χ0v) is 9.88. The summed E-state index contributed by atoms with van der Waals surface area (Å²) in [4.78, 5) is 13.0. The van der Waals surface area contributed by atoms with E-state index in [4.69, 9.17) is 5.84 Å². The second kappa shape index (κ2) is 4.88. The first-order chi connectivity index (χ1) is 8.22. The molecule has 0 saturated carbocycles. The van der Waals surface area contributed by atoms with Crippen molar-refractivity contribution >= 4 is 16.9 Å². The van der Waals surface area contributed by atoms with Gasteiger partial charge in [0.1, 0.15) is 5.84 Å². The number of aliphatic imine (C=N–C) groups is 1. The van der Waals surface area contributed by atoms with E-state index in [9.17, 15) is 0 Å². The summed E-state index contributed by atoms with van der Waals surface area (Å²) in [7, 11) is 0. The minimum atomic E-state index is 0.160. The quantitative estimate of drug-likeness (QED) is 0.351. The first-order valence-corrected chi connectivity index (χ1v) is 5.47. The number of amidine groups is 1. The number of hydrogen-bond donors (Lipinski definition) is 2. The molecule has 0 saturated heterocycles. The van der Waals surface area contributed by atoms with Crippen LogP contribution in [-0.4, -0.2) is 21.8 Å². The van der Waals surface area contributed by atoms with Crippen LogP contribution in [0.2, 0.25) is 0 Å². The SMILES string of the molecule is CC(C)N=C(NN)c1cccc2nccnc12. The smallest absolute Gasteiger partial charge is 0.145 e. The lowest BCUT2D eigenvalue weighted by atomic mass is 10.1. The average molecular weight is 229 g/mol. The molecule has 0 aliphatic heterocycles. The molecule has 5 nitrogen and oxygen atoms in total. The molecule has 5 heteroatoms. The van der Waals surface area contributed by atoms with E-state index in [1.165, 1.54) is 0 Å². The van der Waals surface area contributed by atoms with Crippen molar-refractivity contribution in [2.75, 3.05) is 0 Å². The van der Waals surface area contributed by atoms with Crippen LogP contribution in [0.25, 0.3) is 11.0 Å². The largest absolute Gasteiger partial charge is 0.308 e. The number of benzene rings is 1. The first-order valence-electron chi connectivity index (χ1n) is 5.47. The maximum absolute atomic E-state index is 5.52. The van der Waals surface area contributed by atoms with Gasteiger partial charge in [-0.15, -0.1) is 0 Å². The Morgan fingerprint density at radius 1 is 1.29 bits per heavy atom. The van der Waals surface area contributed by atoms with Crippen molar-refractivity contribution in [1.82, 2.24) is 15.4 Å². The van der Waals surface area contributed by atoms with Crippen LogP contribution in [0.4, 0.5) is 0 Å². The minimum Gasteiger partial charge on any atom is -0.308 e. The Labute approximate surface area is 99.8 Å². The lowest BCUT2D eigenvalue weighted by molar-refractivity contribution is 0.821. The van der Waals surface area contributed by atoms with Gasteiger partial charge in [-0.2, -0.15) is 0 Å². The Morgan fingerprint density at radius 2 is 2.06 bits per heavy atom. The van der Waals surface area contributed by atoms with Crippen LogP contribution in [-0.2, 0) is 0 Å². The fourth-order valence-electron chi connectivity index (χ4n) is 1.63. The van der Waals surface area contributed by atoms with E-state index in [1.807, 2.05) is 32.0 Å². The average Bonchev–Trinajstić information content (AvgIpc) is 2.35.